The van der Waals surface area contributed by atoms with Crippen LogP contribution in [0.1, 0.15) is 0 Å². The van der Waals surface area contributed by atoms with Crippen LogP contribution in [-0.2, 0) is 7.05 Å². The van der Waals surface area contributed by atoms with Crippen LogP contribution in [0, 0.1) is 0 Å². The molecule has 0 bridgehead atoms. The van der Waals surface area contributed by atoms with Crippen molar-refractivity contribution in [1.29, 1.82) is 0 Å². The summed E-state index contributed by atoms with van der Waals surface area (Å²) in [5.74, 6) is 0. The van der Waals surface area contributed by atoms with Gasteiger partial charge < -0.3 is 15.2 Å². The molecule has 1 aromatic carbocycles. The van der Waals surface area contributed by atoms with Gasteiger partial charge in [-0.25, -0.2) is 4.79 Å². The van der Waals surface area contributed by atoms with Gasteiger partial charge in [0.1, 0.15) is 13.8 Å². The summed E-state index contributed by atoms with van der Waals surface area (Å²) >= 11 is 0. The van der Waals surface area contributed by atoms with E-state index in [4.69, 9.17) is 0 Å². The Morgan fingerprint density at radius 2 is 1.82 bits per heavy atom. The third-order valence-electron chi connectivity index (χ3n) is 3.62. The highest BCUT2D eigenvalue weighted by Gasteiger charge is 2.23. The van der Waals surface area contributed by atoms with Crippen LogP contribution < -0.4 is 21.4 Å². The van der Waals surface area contributed by atoms with Crippen LogP contribution >= 0.6 is 0 Å². The molecule has 116 valence electrons. The van der Waals surface area contributed by atoms with Crippen LogP contribution in [0.5, 0.6) is 0 Å². The molecule has 1 heterocycles. The molecule has 6 heteroatoms. The number of hydrogen-bond donors (Lipinski definition) is 2. The lowest BCUT2D eigenvalue weighted by Gasteiger charge is -2.23. The third-order valence-corrected chi connectivity index (χ3v) is 6.57. The highest BCUT2D eigenvalue weighted by Crippen LogP contribution is 2.02. The molecule has 0 unspecified atom stereocenters. The Kier molecular flexibility index (Phi) is 4.82. The number of urea groups is 1. The summed E-state index contributed by atoms with van der Waals surface area (Å²) in [5.41, 5.74) is 0.0545. The SMILES string of the molecule is Cn1cccc(NC(=O)NC[Si](C)(C)c2ccccc2)c1=O. The lowest BCUT2D eigenvalue weighted by molar-refractivity contribution is 0.253. The maximum atomic E-state index is 12.0. The van der Waals surface area contributed by atoms with Gasteiger partial charge in [0.25, 0.3) is 5.56 Å². The number of nitrogens with one attached hydrogen (secondary N) is 2. The zero-order valence-corrected chi connectivity index (χ0v) is 14.1. The molecule has 1 aromatic heterocycles. The Hall–Kier alpha value is -2.34. The molecule has 5 nitrogen and oxygen atoms in total. The molecule has 0 atom stereocenters. The maximum absolute atomic E-state index is 12.0. The minimum atomic E-state index is -1.74. The Morgan fingerprint density at radius 3 is 2.50 bits per heavy atom. The van der Waals surface area contributed by atoms with Crippen LogP contribution in [0.15, 0.2) is 53.5 Å². The number of aryl methyl sites for hydroxylation is 1. The number of rotatable bonds is 4. The van der Waals surface area contributed by atoms with Crippen LogP contribution in [-0.4, -0.2) is 24.8 Å². The number of benzene rings is 1. The summed E-state index contributed by atoms with van der Waals surface area (Å²) in [6.07, 6.45) is 2.26. The van der Waals surface area contributed by atoms with E-state index in [1.165, 1.54) is 9.75 Å². The van der Waals surface area contributed by atoms with Crippen LogP contribution in [0.3, 0.4) is 0 Å². The van der Waals surface area contributed by atoms with E-state index >= 15 is 0 Å². The number of amides is 2. The Bertz CT molecular complexity index is 711. The van der Waals surface area contributed by atoms with Gasteiger partial charge in [0.15, 0.2) is 0 Å². The van der Waals surface area contributed by atoms with Gasteiger partial charge in [0, 0.05) is 19.4 Å². The highest BCUT2D eigenvalue weighted by molar-refractivity contribution is 6.90. The van der Waals surface area contributed by atoms with E-state index in [1.807, 2.05) is 18.2 Å². The van der Waals surface area contributed by atoms with Gasteiger partial charge in [-0.05, 0) is 12.1 Å². The van der Waals surface area contributed by atoms with E-state index in [2.05, 4.69) is 35.9 Å². The third kappa shape index (κ3) is 3.85. The quantitative estimate of drug-likeness (QED) is 0.843. The van der Waals surface area contributed by atoms with Gasteiger partial charge in [-0.3, -0.25) is 4.79 Å². The summed E-state index contributed by atoms with van der Waals surface area (Å²) in [7, 11) is -0.0895. The predicted octanol–water partition coefficient (Wildman–Crippen LogP) is 1.66. The van der Waals surface area contributed by atoms with Crippen molar-refractivity contribution >= 4 is 25.0 Å². The van der Waals surface area contributed by atoms with Crippen molar-refractivity contribution in [1.82, 2.24) is 9.88 Å². The average molecular weight is 315 g/mol. The first-order valence-corrected chi connectivity index (χ1v) is 10.4. The van der Waals surface area contributed by atoms with Crippen molar-refractivity contribution in [3.05, 3.63) is 59.0 Å². The molecule has 2 N–H and O–H groups in total. The molecular weight excluding hydrogens is 294 g/mol. The molecule has 2 rings (SSSR count). The van der Waals surface area contributed by atoms with Gasteiger partial charge in [-0.1, -0.05) is 48.6 Å². The molecule has 0 radical (unpaired) electrons. The first kappa shape index (κ1) is 16.0. The molecule has 22 heavy (non-hydrogen) atoms. The fourth-order valence-corrected chi connectivity index (χ4v) is 4.05. The van der Waals surface area contributed by atoms with E-state index in [0.29, 0.717) is 6.17 Å². The van der Waals surface area contributed by atoms with Crippen molar-refractivity contribution in [3.63, 3.8) is 0 Å². The molecule has 2 aromatic rings. The topological polar surface area (TPSA) is 63.1 Å². The van der Waals surface area contributed by atoms with E-state index in [1.54, 1.807) is 25.4 Å². The number of anilines is 1. The molecule has 0 saturated carbocycles. The Labute approximate surface area is 131 Å². The first-order chi connectivity index (χ1) is 10.4. The molecule has 0 fully saturated rings. The number of nitrogens with zero attached hydrogens (tertiary/aromatic N) is 1. The summed E-state index contributed by atoms with van der Waals surface area (Å²) in [4.78, 5) is 23.9. The summed E-state index contributed by atoms with van der Waals surface area (Å²) < 4.78 is 1.43. The van der Waals surface area contributed by atoms with Crippen molar-refractivity contribution in [2.24, 2.45) is 7.05 Å². The maximum Gasteiger partial charge on any atom is 0.319 e. The fourth-order valence-electron chi connectivity index (χ4n) is 2.15. The zero-order valence-electron chi connectivity index (χ0n) is 13.1. The van der Waals surface area contributed by atoms with E-state index in [0.717, 1.165) is 0 Å². The smallest absolute Gasteiger partial charge is 0.319 e. The highest BCUT2D eigenvalue weighted by atomic mass is 28.3. The average Bonchev–Trinajstić information content (AvgIpc) is 2.51. The van der Waals surface area contributed by atoms with Crippen LogP contribution in [0.2, 0.25) is 13.1 Å². The van der Waals surface area contributed by atoms with Gasteiger partial charge in [-0.2, -0.15) is 0 Å². The molecule has 0 aliphatic heterocycles. The van der Waals surface area contributed by atoms with E-state index < -0.39 is 8.07 Å². The molecule has 0 aliphatic carbocycles. The zero-order chi connectivity index (χ0) is 16.2. The van der Waals surface area contributed by atoms with Crippen molar-refractivity contribution < 1.29 is 4.79 Å². The fraction of sp³-hybridized carbons (Fsp3) is 0.250. The minimum absolute atomic E-state index is 0.225. The van der Waals surface area contributed by atoms with Crippen LogP contribution in [0.25, 0.3) is 0 Å². The molecule has 0 aliphatic rings. The van der Waals surface area contributed by atoms with Crippen molar-refractivity contribution in [2.45, 2.75) is 13.1 Å². The van der Waals surface area contributed by atoms with Crippen LogP contribution in [0.4, 0.5) is 10.5 Å². The molecular formula is C16H21N3O2Si. The summed E-state index contributed by atoms with van der Waals surface area (Å²) in [5, 5.41) is 6.78. The number of carbonyl (C=O) groups excluding carboxylic acids is 1. The predicted molar refractivity (Wildman–Crippen MR) is 92.3 cm³/mol. The summed E-state index contributed by atoms with van der Waals surface area (Å²) in [6.45, 7) is 4.40. The number of hydrogen-bond acceptors (Lipinski definition) is 2. The normalized spacial score (nSPS) is 11.0. The number of aromatic nitrogens is 1. The first-order valence-electron chi connectivity index (χ1n) is 7.16. The Morgan fingerprint density at radius 1 is 1.14 bits per heavy atom. The number of pyridine rings is 1. The lowest BCUT2D eigenvalue weighted by atomic mass is 10.4. The van der Waals surface area contributed by atoms with E-state index in [-0.39, 0.29) is 17.3 Å². The van der Waals surface area contributed by atoms with E-state index in [9.17, 15) is 9.59 Å². The largest absolute Gasteiger partial charge is 0.340 e. The minimum Gasteiger partial charge on any atom is -0.340 e. The molecule has 2 amide bonds. The lowest BCUT2D eigenvalue weighted by Crippen LogP contribution is -2.52. The monoisotopic (exact) mass is 315 g/mol. The Balaban J connectivity index is 1.98. The number of carbonyl (C=O) groups is 1. The second-order valence-corrected chi connectivity index (χ2v) is 10.6. The van der Waals surface area contributed by atoms with Gasteiger partial charge >= 0.3 is 6.03 Å². The molecule has 0 saturated heterocycles. The second-order valence-electron chi connectivity index (χ2n) is 5.90. The van der Waals surface area contributed by atoms with Gasteiger partial charge in [0.05, 0.1) is 0 Å². The standard InChI is InChI=1S/C16H21N3O2Si/c1-19-11-7-10-14(15(19)20)18-16(21)17-12-22(2,3)13-8-5-4-6-9-13/h4-11H,12H2,1-3H3,(H2,17,18,21). The van der Waals surface area contributed by atoms with Gasteiger partial charge in [0.2, 0.25) is 0 Å². The van der Waals surface area contributed by atoms with Crippen molar-refractivity contribution in [2.75, 3.05) is 11.5 Å². The van der Waals surface area contributed by atoms with Crippen molar-refractivity contribution in [3.8, 4) is 0 Å². The second kappa shape index (κ2) is 6.61. The molecule has 0 spiro atoms. The van der Waals surface area contributed by atoms with Gasteiger partial charge in [-0.15, -0.1) is 0 Å². The summed E-state index contributed by atoms with van der Waals surface area (Å²) in [6, 6.07) is 13.2.